The molecule has 2 aliphatic rings. The molecule has 0 aromatic carbocycles. The summed E-state index contributed by atoms with van der Waals surface area (Å²) >= 11 is 1.41. The largest absolute Gasteiger partial charge is 0.356 e. The van der Waals surface area contributed by atoms with Crippen molar-refractivity contribution in [3.05, 3.63) is 21.6 Å². The number of carbonyl (C=O) groups is 1. The van der Waals surface area contributed by atoms with Crippen molar-refractivity contribution >= 4 is 27.9 Å². The summed E-state index contributed by atoms with van der Waals surface area (Å²) in [7, 11) is 0. The Labute approximate surface area is 121 Å². The fraction of sp³-hybridized carbons (Fsp3) is 0.615. The third-order valence-corrected chi connectivity index (χ3v) is 5.02. The van der Waals surface area contributed by atoms with Crippen LogP contribution in [0.1, 0.15) is 25.7 Å². The highest BCUT2D eigenvalue weighted by Gasteiger charge is 2.33. The normalized spacial score (nSPS) is 23.4. The zero-order valence-corrected chi connectivity index (χ0v) is 12.0. The minimum absolute atomic E-state index is 0.184. The maximum atomic E-state index is 11.8. The molecule has 1 aromatic heterocycles. The number of nitro groups is 1. The number of hydrogen-bond acceptors (Lipinski definition) is 5. The number of likely N-dealkylation sites (tertiary alicyclic amines) is 1. The maximum Gasteiger partial charge on any atom is 0.303 e. The molecule has 0 radical (unpaired) electrons. The van der Waals surface area contributed by atoms with Crippen LogP contribution in [-0.2, 0) is 4.79 Å². The van der Waals surface area contributed by atoms with E-state index in [0.717, 1.165) is 37.4 Å². The number of rotatable bonds is 3. The molecule has 1 aromatic rings. The molecule has 2 fully saturated rings. The molecular formula is C13H17N3O3S. The first kappa shape index (κ1) is 13.4. The molecule has 108 valence electrons. The Kier molecular flexibility index (Phi) is 3.60. The molecule has 0 N–H and O–H groups in total. The molecule has 1 atom stereocenters. The highest BCUT2D eigenvalue weighted by atomic mass is 32.1. The highest BCUT2D eigenvalue weighted by Crippen LogP contribution is 2.36. The fourth-order valence-corrected chi connectivity index (χ4v) is 4.02. The van der Waals surface area contributed by atoms with Gasteiger partial charge < -0.3 is 9.80 Å². The van der Waals surface area contributed by atoms with Gasteiger partial charge in [0.15, 0.2) is 5.00 Å². The fourth-order valence-electron chi connectivity index (χ4n) is 3.12. The molecule has 0 unspecified atom stereocenters. The monoisotopic (exact) mass is 295 g/mol. The highest BCUT2D eigenvalue weighted by molar-refractivity contribution is 7.14. The predicted molar refractivity (Wildman–Crippen MR) is 77.2 cm³/mol. The summed E-state index contributed by atoms with van der Waals surface area (Å²) in [6.07, 6.45) is 3.56. The van der Waals surface area contributed by atoms with Crippen LogP contribution in [0.2, 0.25) is 0 Å². The van der Waals surface area contributed by atoms with E-state index in [-0.39, 0.29) is 22.6 Å². The molecular weight excluding hydrogens is 278 g/mol. The van der Waals surface area contributed by atoms with Gasteiger partial charge in [0.2, 0.25) is 5.91 Å². The Bertz CT molecular complexity index is 531. The van der Waals surface area contributed by atoms with Crippen molar-refractivity contribution in [2.45, 2.75) is 31.7 Å². The zero-order valence-electron chi connectivity index (χ0n) is 11.2. The second kappa shape index (κ2) is 5.40. The molecule has 3 heterocycles. The van der Waals surface area contributed by atoms with Gasteiger partial charge in [-0.1, -0.05) is 0 Å². The van der Waals surface area contributed by atoms with Gasteiger partial charge in [0.1, 0.15) is 0 Å². The van der Waals surface area contributed by atoms with Gasteiger partial charge in [-0.2, -0.15) is 0 Å². The van der Waals surface area contributed by atoms with Crippen molar-refractivity contribution in [1.29, 1.82) is 0 Å². The second-order valence-electron chi connectivity index (χ2n) is 5.30. The Morgan fingerprint density at radius 1 is 1.35 bits per heavy atom. The van der Waals surface area contributed by atoms with E-state index < -0.39 is 0 Å². The zero-order chi connectivity index (χ0) is 14.1. The van der Waals surface area contributed by atoms with Gasteiger partial charge in [0, 0.05) is 38.2 Å². The topological polar surface area (TPSA) is 66.7 Å². The van der Waals surface area contributed by atoms with Crippen LogP contribution in [0.25, 0.3) is 0 Å². The quantitative estimate of drug-likeness (QED) is 0.633. The van der Waals surface area contributed by atoms with Gasteiger partial charge in [0.05, 0.1) is 4.92 Å². The first-order chi connectivity index (χ1) is 9.66. The summed E-state index contributed by atoms with van der Waals surface area (Å²) in [5.74, 6) is 0.234. The summed E-state index contributed by atoms with van der Waals surface area (Å²) in [6.45, 7) is 2.39. The summed E-state index contributed by atoms with van der Waals surface area (Å²) in [5, 5.41) is 13.5. The smallest absolute Gasteiger partial charge is 0.303 e. The number of anilines is 1. The number of amides is 1. The lowest BCUT2D eigenvalue weighted by molar-refractivity contribution is -0.383. The summed E-state index contributed by atoms with van der Waals surface area (Å²) in [6, 6.07) is 1.77. The van der Waals surface area contributed by atoms with E-state index in [1.54, 1.807) is 11.4 Å². The third kappa shape index (κ3) is 2.37. The Balaban J connectivity index is 1.76. The molecule has 3 rings (SSSR count). The minimum Gasteiger partial charge on any atom is -0.356 e. The van der Waals surface area contributed by atoms with Crippen LogP contribution < -0.4 is 4.90 Å². The van der Waals surface area contributed by atoms with E-state index >= 15 is 0 Å². The lowest BCUT2D eigenvalue weighted by Crippen LogP contribution is -2.48. The van der Waals surface area contributed by atoms with Gasteiger partial charge in [-0.3, -0.25) is 14.9 Å². The number of hydrogen-bond donors (Lipinski definition) is 0. The second-order valence-corrected chi connectivity index (χ2v) is 6.20. The number of thiophene rings is 1. The molecule has 6 nitrogen and oxygen atoms in total. The minimum atomic E-state index is -0.323. The molecule has 1 amide bonds. The van der Waals surface area contributed by atoms with E-state index in [0.29, 0.717) is 13.0 Å². The van der Waals surface area contributed by atoms with Crippen molar-refractivity contribution in [3.8, 4) is 0 Å². The molecule has 20 heavy (non-hydrogen) atoms. The van der Waals surface area contributed by atoms with Crippen LogP contribution in [0.4, 0.5) is 10.7 Å². The molecule has 0 spiro atoms. The Morgan fingerprint density at radius 3 is 2.90 bits per heavy atom. The van der Waals surface area contributed by atoms with Crippen LogP contribution in [-0.4, -0.2) is 41.4 Å². The van der Waals surface area contributed by atoms with Gasteiger partial charge in [0.25, 0.3) is 0 Å². The molecule has 0 saturated carbocycles. The van der Waals surface area contributed by atoms with Crippen molar-refractivity contribution in [1.82, 2.24) is 4.90 Å². The summed E-state index contributed by atoms with van der Waals surface area (Å²) in [5.41, 5.74) is 0.184. The molecule has 2 aliphatic heterocycles. The third-order valence-electron chi connectivity index (χ3n) is 4.06. The summed E-state index contributed by atoms with van der Waals surface area (Å²) < 4.78 is 0. The standard InChI is InChI=1S/C13H17N3O3S/c17-12-4-2-7-15(12)10-3-1-6-14(9-10)13-11(16(18)19)5-8-20-13/h5,8,10H,1-4,6-7,9H2/t10-/m1/s1. The maximum absolute atomic E-state index is 11.8. The summed E-state index contributed by atoms with van der Waals surface area (Å²) in [4.78, 5) is 26.6. The van der Waals surface area contributed by atoms with Crippen LogP contribution in [0.3, 0.4) is 0 Å². The first-order valence-electron chi connectivity index (χ1n) is 6.93. The van der Waals surface area contributed by atoms with Gasteiger partial charge >= 0.3 is 5.69 Å². The Morgan fingerprint density at radius 2 is 2.20 bits per heavy atom. The SMILES string of the molecule is O=C1CCCN1[C@@H]1CCCN(c2sccc2[N+](=O)[O-])C1. The average molecular weight is 295 g/mol. The Hall–Kier alpha value is -1.63. The van der Waals surface area contributed by atoms with Crippen LogP contribution in [0, 0.1) is 10.1 Å². The number of piperidine rings is 1. The van der Waals surface area contributed by atoms with E-state index in [1.807, 2.05) is 4.90 Å². The first-order valence-corrected chi connectivity index (χ1v) is 7.81. The van der Waals surface area contributed by atoms with Crippen LogP contribution >= 0.6 is 11.3 Å². The lowest BCUT2D eigenvalue weighted by Gasteiger charge is -2.37. The average Bonchev–Trinajstić information content (AvgIpc) is 3.07. The van der Waals surface area contributed by atoms with Crippen molar-refractivity contribution < 1.29 is 9.72 Å². The van der Waals surface area contributed by atoms with Gasteiger partial charge in [-0.05, 0) is 24.6 Å². The molecule has 0 aliphatic carbocycles. The van der Waals surface area contributed by atoms with Crippen LogP contribution in [0.5, 0.6) is 0 Å². The number of nitrogens with zero attached hydrogens (tertiary/aromatic N) is 3. The molecule has 0 bridgehead atoms. The van der Waals surface area contributed by atoms with Crippen LogP contribution in [0.15, 0.2) is 11.4 Å². The van der Waals surface area contributed by atoms with Crippen molar-refractivity contribution in [2.75, 3.05) is 24.5 Å². The van der Waals surface area contributed by atoms with E-state index in [1.165, 1.54) is 11.3 Å². The van der Waals surface area contributed by atoms with Crippen molar-refractivity contribution in [2.24, 2.45) is 0 Å². The van der Waals surface area contributed by atoms with E-state index in [4.69, 9.17) is 0 Å². The molecule has 7 heteroatoms. The molecule has 2 saturated heterocycles. The predicted octanol–water partition coefficient (Wildman–Crippen LogP) is 2.25. The van der Waals surface area contributed by atoms with E-state index in [2.05, 4.69) is 4.90 Å². The van der Waals surface area contributed by atoms with Gasteiger partial charge in [-0.15, -0.1) is 11.3 Å². The van der Waals surface area contributed by atoms with E-state index in [9.17, 15) is 14.9 Å². The lowest BCUT2D eigenvalue weighted by atomic mass is 10.0. The van der Waals surface area contributed by atoms with Gasteiger partial charge in [-0.25, -0.2) is 0 Å². The van der Waals surface area contributed by atoms with Crippen molar-refractivity contribution in [3.63, 3.8) is 0 Å². The number of carbonyl (C=O) groups excluding carboxylic acids is 1.